The summed E-state index contributed by atoms with van der Waals surface area (Å²) in [5.74, 6) is -0.892. The summed E-state index contributed by atoms with van der Waals surface area (Å²) in [7, 11) is -2.15. The number of hydrazine groups is 1. The monoisotopic (exact) mass is 420 g/mol. The van der Waals surface area contributed by atoms with Gasteiger partial charge in [-0.2, -0.15) is 0 Å². The van der Waals surface area contributed by atoms with Gasteiger partial charge in [-0.15, -0.1) is 4.83 Å². The van der Waals surface area contributed by atoms with E-state index in [1.165, 1.54) is 6.07 Å². The molecule has 0 bridgehead atoms. The maximum Gasteiger partial charge on any atom is 0.269 e. The minimum absolute atomic E-state index is 0.228. The molecule has 2 aromatic rings. The third-order valence-corrected chi connectivity index (χ3v) is 6.94. The molecule has 6 nitrogen and oxygen atoms in total. The van der Waals surface area contributed by atoms with Crippen molar-refractivity contribution in [2.45, 2.75) is 44.3 Å². The number of halogens is 1. The number of carbonyl (C=O) groups is 1. The summed E-state index contributed by atoms with van der Waals surface area (Å²) in [6.45, 7) is 1.56. The average molecular weight is 421 g/mol. The molecule has 0 aliphatic heterocycles. The second kappa shape index (κ2) is 8.92. The van der Waals surface area contributed by atoms with E-state index in [1.807, 2.05) is 6.07 Å². The molecule has 2 aromatic carbocycles. The van der Waals surface area contributed by atoms with Gasteiger partial charge in [0.1, 0.15) is 11.6 Å². The van der Waals surface area contributed by atoms with E-state index in [0.717, 1.165) is 24.8 Å². The van der Waals surface area contributed by atoms with Gasteiger partial charge >= 0.3 is 0 Å². The molecule has 3 rings (SSSR count). The van der Waals surface area contributed by atoms with Crippen molar-refractivity contribution >= 4 is 15.9 Å². The van der Waals surface area contributed by atoms with Crippen molar-refractivity contribution < 1.29 is 22.3 Å². The topological polar surface area (TPSA) is 84.5 Å². The third kappa shape index (κ3) is 4.94. The number of hydrogen-bond acceptors (Lipinski definition) is 4. The van der Waals surface area contributed by atoms with Crippen LogP contribution in [0.5, 0.6) is 5.75 Å². The molecule has 0 saturated heterocycles. The Labute approximate surface area is 170 Å². The van der Waals surface area contributed by atoms with E-state index in [4.69, 9.17) is 4.74 Å². The number of sulfonamides is 1. The second-order valence-corrected chi connectivity index (χ2v) is 9.21. The molecule has 8 heteroatoms. The molecule has 29 heavy (non-hydrogen) atoms. The van der Waals surface area contributed by atoms with Crippen LogP contribution in [-0.4, -0.2) is 26.7 Å². The lowest BCUT2D eigenvalue weighted by molar-refractivity contribution is 0.0940. The zero-order valence-corrected chi connectivity index (χ0v) is 17.3. The minimum atomic E-state index is -3.70. The molecule has 1 aliphatic rings. The molecule has 0 unspecified atom stereocenters. The predicted molar refractivity (Wildman–Crippen MR) is 110 cm³/mol. The van der Waals surface area contributed by atoms with Crippen LogP contribution in [0.1, 0.15) is 48.0 Å². The first-order valence-electron chi connectivity index (χ1n) is 9.57. The van der Waals surface area contributed by atoms with Crippen LogP contribution in [-0.2, 0) is 10.0 Å². The first kappa shape index (κ1) is 21.3. The zero-order chi connectivity index (χ0) is 21.0. The van der Waals surface area contributed by atoms with Crippen molar-refractivity contribution in [2.24, 2.45) is 0 Å². The smallest absolute Gasteiger partial charge is 0.269 e. The van der Waals surface area contributed by atoms with E-state index in [9.17, 15) is 17.6 Å². The summed E-state index contributed by atoms with van der Waals surface area (Å²) in [4.78, 5) is 14.7. The summed E-state index contributed by atoms with van der Waals surface area (Å²) >= 11 is 0. The fourth-order valence-electron chi connectivity index (χ4n) is 3.55. The first-order chi connectivity index (χ1) is 13.8. The molecule has 0 atom stereocenters. The Hall–Kier alpha value is -2.45. The summed E-state index contributed by atoms with van der Waals surface area (Å²) in [5, 5.41) is -0.536. The van der Waals surface area contributed by atoms with Crippen LogP contribution in [0.25, 0.3) is 11.1 Å². The van der Waals surface area contributed by atoms with E-state index >= 15 is 0 Å². The third-order valence-electron chi connectivity index (χ3n) is 5.20. The fraction of sp³-hybridized carbons (Fsp3) is 0.381. The maximum atomic E-state index is 14.6. The van der Waals surface area contributed by atoms with Crippen molar-refractivity contribution in [3.8, 4) is 16.9 Å². The lowest BCUT2D eigenvalue weighted by Crippen LogP contribution is -2.46. The number of carbonyl (C=O) groups excluding carboxylic acids is 1. The van der Waals surface area contributed by atoms with Gasteiger partial charge in [0.25, 0.3) is 5.91 Å². The van der Waals surface area contributed by atoms with Gasteiger partial charge in [-0.1, -0.05) is 31.4 Å². The van der Waals surface area contributed by atoms with Crippen molar-refractivity contribution in [1.82, 2.24) is 10.3 Å². The Balaban J connectivity index is 1.82. The van der Waals surface area contributed by atoms with Crippen LogP contribution in [0, 0.1) is 12.7 Å². The van der Waals surface area contributed by atoms with Crippen LogP contribution in [0.2, 0.25) is 0 Å². The van der Waals surface area contributed by atoms with E-state index in [-0.39, 0.29) is 11.1 Å². The Morgan fingerprint density at radius 2 is 1.83 bits per heavy atom. The molecule has 156 valence electrons. The van der Waals surface area contributed by atoms with Gasteiger partial charge in [0, 0.05) is 0 Å². The molecule has 1 fully saturated rings. The van der Waals surface area contributed by atoms with E-state index < -0.39 is 27.0 Å². The van der Waals surface area contributed by atoms with Gasteiger partial charge in [-0.3, -0.25) is 10.2 Å². The van der Waals surface area contributed by atoms with Gasteiger partial charge in [0.05, 0.1) is 17.9 Å². The number of ether oxygens (including phenoxy) is 1. The maximum absolute atomic E-state index is 14.6. The molecule has 0 heterocycles. The zero-order valence-electron chi connectivity index (χ0n) is 16.5. The molecule has 0 aromatic heterocycles. The highest BCUT2D eigenvalue weighted by molar-refractivity contribution is 7.90. The van der Waals surface area contributed by atoms with E-state index in [2.05, 4.69) is 10.3 Å². The van der Waals surface area contributed by atoms with Gasteiger partial charge < -0.3 is 4.74 Å². The minimum Gasteiger partial charge on any atom is -0.497 e. The standard InChI is InChI=1S/C21H25FN2O4S/c1-14-11-16(15-7-6-8-17(12-15)28-2)13-19(20(14)22)21(25)23-24-29(26,27)18-9-4-3-5-10-18/h6-8,11-13,18,24H,3-5,9-10H2,1-2H3,(H,23,25). The number of rotatable bonds is 6. The van der Waals surface area contributed by atoms with Crippen LogP contribution < -0.4 is 15.0 Å². The number of hydrogen-bond donors (Lipinski definition) is 2. The lowest BCUT2D eigenvalue weighted by Gasteiger charge is -2.22. The summed E-state index contributed by atoms with van der Waals surface area (Å²) in [6, 6.07) is 10.2. The van der Waals surface area contributed by atoms with Crippen molar-refractivity contribution in [2.75, 3.05) is 7.11 Å². The van der Waals surface area contributed by atoms with E-state index in [0.29, 0.717) is 24.2 Å². The molecule has 2 N–H and O–H groups in total. The highest BCUT2D eigenvalue weighted by Gasteiger charge is 2.28. The summed E-state index contributed by atoms with van der Waals surface area (Å²) < 4.78 is 44.6. The molecule has 1 saturated carbocycles. The average Bonchev–Trinajstić information content (AvgIpc) is 2.74. The molecular weight excluding hydrogens is 395 g/mol. The van der Waals surface area contributed by atoms with Crippen LogP contribution in [0.3, 0.4) is 0 Å². The fourth-order valence-corrected chi connectivity index (χ4v) is 4.90. The Morgan fingerprint density at radius 3 is 2.52 bits per heavy atom. The Bertz CT molecular complexity index is 1000. The van der Waals surface area contributed by atoms with Gasteiger partial charge in [0.2, 0.25) is 10.0 Å². The van der Waals surface area contributed by atoms with Crippen molar-refractivity contribution in [1.29, 1.82) is 0 Å². The van der Waals surface area contributed by atoms with Crippen LogP contribution in [0.15, 0.2) is 36.4 Å². The van der Waals surface area contributed by atoms with Gasteiger partial charge in [0.15, 0.2) is 0 Å². The quantitative estimate of drug-likeness (QED) is 0.698. The first-order valence-corrected chi connectivity index (χ1v) is 11.1. The van der Waals surface area contributed by atoms with Crippen molar-refractivity contribution in [3.05, 3.63) is 53.3 Å². The second-order valence-electron chi connectivity index (χ2n) is 7.25. The SMILES string of the molecule is COc1cccc(-c2cc(C)c(F)c(C(=O)NNS(=O)(=O)C3CCCCC3)c2)c1. The molecule has 1 aliphatic carbocycles. The molecular formula is C21H25FN2O4S. The number of methoxy groups -OCH3 is 1. The number of nitrogens with one attached hydrogen (secondary N) is 2. The summed E-state index contributed by atoms with van der Waals surface area (Å²) in [6.07, 6.45) is 3.82. The Morgan fingerprint density at radius 1 is 1.10 bits per heavy atom. The number of amides is 1. The van der Waals surface area contributed by atoms with Crippen LogP contribution in [0.4, 0.5) is 4.39 Å². The largest absolute Gasteiger partial charge is 0.497 e. The lowest BCUT2D eigenvalue weighted by atomic mass is 9.99. The van der Waals surface area contributed by atoms with Gasteiger partial charge in [-0.25, -0.2) is 12.8 Å². The van der Waals surface area contributed by atoms with Crippen LogP contribution >= 0.6 is 0 Å². The van der Waals surface area contributed by atoms with E-state index in [1.54, 1.807) is 38.3 Å². The normalized spacial score (nSPS) is 15.1. The van der Waals surface area contributed by atoms with Gasteiger partial charge in [-0.05, 0) is 60.7 Å². The molecule has 1 amide bonds. The molecule has 0 spiro atoms. The Kier molecular flexibility index (Phi) is 6.54. The molecule has 0 radical (unpaired) electrons. The highest BCUT2D eigenvalue weighted by Crippen LogP contribution is 2.28. The number of benzene rings is 2. The highest BCUT2D eigenvalue weighted by atomic mass is 32.2. The van der Waals surface area contributed by atoms with Crippen molar-refractivity contribution in [3.63, 3.8) is 0 Å². The number of aryl methyl sites for hydroxylation is 1. The summed E-state index contributed by atoms with van der Waals surface area (Å²) in [5.41, 5.74) is 3.60. The predicted octanol–water partition coefficient (Wildman–Crippen LogP) is 3.71.